The number of carbonyl (C=O) groups is 1. The third-order valence-electron chi connectivity index (χ3n) is 2.48. The maximum absolute atomic E-state index is 11.3. The summed E-state index contributed by atoms with van der Waals surface area (Å²) in [6.45, 7) is 7.72. The van der Waals surface area contributed by atoms with Crippen LogP contribution in [-0.2, 0) is 4.79 Å². The van der Waals surface area contributed by atoms with Crippen LogP contribution in [0.15, 0.2) is 12.7 Å². The van der Waals surface area contributed by atoms with E-state index >= 15 is 0 Å². The molecule has 2 atom stereocenters. The third-order valence-corrected chi connectivity index (χ3v) is 2.48. The minimum Gasteiger partial charge on any atom is -0.385 e. The SMILES string of the molecule is C=C[C@H]1CC(C)(C)CC(=O)[C@@H]1O. The summed E-state index contributed by atoms with van der Waals surface area (Å²) in [5.41, 5.74) is 0.0230. The summed E-state index contributed by atoms with van der Waals surface area (Å²) >= 11 is 0. The van der Waals surface area contributed by atoms with Gasteiger partial charge in [0.1, 0.15) is 6.10 Å². The van der Waals surface area contributed by atoms with Crippen LogP contribution in [0.5, 0.6) is 0 Å². The van der Waals surface area contributed by atoms with Gasteiger partial charge in [0.15, 0.2) is 5.78 Å². The van der Waals surface area contributed by atoms with Crippen molar-refractivity contribution in [3.05, 3.63) is 12.7 Å². The predicted octanol–water partition coefficient (Wildman–Crippen LogP) is 1.54. The topological polar surface area (TPSA) is 37.3 Å². The lowest BCUT2D eigenvalue weighted by atomic mass is 9.70. The van der Waals surface area contributed by atoms with Crippen LogP contribution >= 0.6 is 0 Å². The normalized spacial score (nSPS) is 34.8. The van der Waals surface area contributed by atoms with Gasteiger partial charge in [-0.25, -0.2) is 0 Å². The van der Waals surface area contributed by atoms with Crippen molar-refractivity contribution in [2.45, 2.75) is 32.8 Å². The predicted molar refractivity (Wildman–Crippen MR) is 47.7 cm³/mol. The minimum absolute atomic E-state index is 0.0230. The Morgan fingerprint density at radius 1 is 1.67 bits per heavy atom. The van der Waals surface area contributed by atoms with E-state index in [4.69, 9.17) is 0 Å². The second-order valence-corrected chi connectivity index (χ2v) is 4.36. The first-order valence-corrected chi connectivity index (χ1v) is 4.29. The molecule has 0 radical (unpaired) electrons. The molecule has 0 bridgehead atoms. The van der Waals surface area contributed by atoms with E-state index in [1.807, 2.05) is 13.8 Å². The van der Waals surface area contributed by atoms with E-state index in [1.54, 1.807) is 6.08 Å². The highest BCUT2D eigenvalue weighted by molar-refractivity contribution is 5.84. The van der Waals surface area contributed by atoms with Crippen LogP contribution in [0, 0.1) is 11.3 Å². The lowest BCUT2D eigenvalue weighted by Gasteiger charge is -2.35. The van der Waals surface area contributed by atoms with Crippen LogP contribution in [0.25, 0.3) is 0 Å². The molecule has 0 spiro atoms. The van der Waals surface area contributed by atoms with Crippen LogP contribution in [0.3, 0.4) is 0 Å². The van der Waals surface area contributed by atoms with E-state index in [1.165, 1.54) is 0 Å². The molecule has 0 aromatic carbocycles. The first-order valence-electron chi connectivity index (χ1n) is 4.29. The molecule has 2 nitrogen and oxygen atoms in total. The van der Waals surface area contributed by atoms with Gasteiger partial charge in [-0.15, -0.1) is 6.58 Å². The molecule has 68 valence electrons. The molecule has 1 rings (SSSR count). The standard InChI is InChI=1S/C10H16O2/c1-4-7-5-10(2,3)6-8(11)9(7)12/h4,7,9,12H,1,5-6H2,2-3H3/t7-,9+/m0/s1. The Morgan fingerprint density at radius 3 is 2.75 bits per heavy atom. The number of carbonyl (C=O) groups excluding carboxylic acids is 1. The zero-order valence-corrected chi connectivity index (χ0v) is 7.71. The summed E-state index contributed by atoms with van der Waals surface area (Å²) in [6, 6.07) is 0. The van der Waals surface area contributed by atoms with Gasteiger partial charge in [0.25, 0.3) is 0 Å². The summed E-state index contributed by atoms with van der Waals surface area (Å²) in [4.78, 5) is 11.3. The molecule has 0 amide bonds. The maximum atomic E-state index is 11.3. The number of rotatable bonds is 1. The van der Waals surface area contributed by atoms with Crippen molar-refractivity contribution < 1.29 is 9.90 Å². The zero-order valence-electron chi connectivity index (χ0n) is 7.71. The smallest absolute Gasteiger partial charge is 0.162 e. The average molecular weight is 168 g/mol. The lowest BCUT2D eigenvalue weighted by Crippen LogP contribution is -2.40. The number of Topliss-reactive ketones (excluding diaryl/α,β-unsaturated/α-hetero) is 1. The molecule has 0 aromatic heterocycles. The number of ketones is 1. The molecule has 1 N–H and O–H groups in total. The summed E-state index contributed by atoms with van der Waals surface area (Å²) in [5, 5.41) is 9.45. The van der Waals surface area contributed by atoms with E-state index in [0.717, 1.165) is 6.42 Å². The van der Waals surface area contributed by atoms with Gasteiger partial charge in [-0.1, -0.05) is 19.9 Å². The summed E-state index contributed by atoms with van der Waals surface area (Å²) in [7, 11) is 0. The highest BCUT2D eigenvalue weighted by atomic mass is 16.3. The Hall–Kier alpha value is -0.630. The highest BCUT2D eigenvalue weighted by Crippen LogP contribution is 2.37. The quantitative estimate of drug-likeness (QED) is 0.603. The largest absolute Gasteiger partial charge is 0.385 e. The molecule has 1 aliphatic carbocycles. The van der Waals surface area contributed by atoms with Gasteiger partial charge in [-0.2, -0.15) is 0 Å². The van der Waals surface area contributed by atoms with Gasteiger partial charge < -0.3 is 5.11 Å². The fourth-order valence-corrected chi connectivity index (χ4v) is 1.85. The average Bonchev–Trinajstić information content (AvgIpc) is 1.96. The highest BCUT2D eigenvalue weighted by Gasteiger charge is 2.37. The van der Waals surface area contributed by atoms with E-state index in [9.17, 15) is 9.90 Å². The minimum atomic E-state index is -0.810. The summed E-state index contributed by atoms with van der Waals surface area (Å²) in [5.74, 6) is -0.0996. The van der Waals surface area contributed by atoms with Crippen LogP contribution in [0.1, 0.15) is 26.7 Å². The van der Waals surface area contributed by atoms with Crippen LogP contribution in [0.2, 0.25) is 0 Å². The molecular weight excluding hydrogens is 152 g/mol. The van der Waals surface area contributed by atoms with Crippen molar-refractivity contribution in [2.75, 3.05) is 0 Å². The molecule has 1 aliphatic rings. The second-order valence-electron chi connectivity index (χ2n) is 4.36. The van der Waals surface area contributed by atoms with Crippen LogP contribution in [-0.4, -0.2) is 17.0 Å². The number of aliphatic hydroxyl groups is 1. The van der Waals surface area contributed by atoms with E-state index in [0.29, 0.717) is 6.42 Å². The zero-order chi connectivity index (χ0) is 9.35. The first kappa shape index (κ1) is 9.46. The Morgan fingerprint density at radius 2 is 2.25 bits per heavy atom. The van der Waals surface area contributed by atoms with Crippen molar-refractivity contribution in [1.29, 1.82) is 0 Å². The molecular formula is C10H16O2. The Bertz CT molecular complexity index is 206. The van der Waals surface area contributed by atoms with Crippen molar-refractivity contribution in [3.63, 3.8) is 0 Å². The van der Waals surface area contributed by atoms with Crippen LogP contribution < -0.4 is 0 Å². The number of hydrogen-bond donors (Lipinski definition) is 1. The number of hydrogen-bond acceptors (Lipinski definition) is 2. The van der Waals surface area contributed by atoms with Gasteiger partial charge in [-0.3, -0.25) is 4.79 Å². The van der Waals surface area contributed by atoms with Crippen molar-refractivity contribution in [2.24, 2.45) is 11.3 Å². The summed E-state index contributed by atoms with van der Waals surface area (Å²) in [6.07, 6.45) is 2.21. The molecule has 1 saturated carbocycles. The third kappa shape index (κ3) is 1.75. The van der Waals surface area contributed by atoms with Gasteiger partial charge in [0.2, 0.25) is 0 Å². The van der Waals surface area contributed by atoms with Gasteiger partial charge in [-0.05, 0) is 11.8 Å². The van der Waals surface area contributed by atoms with Crippen LogP contribution in [0.4, 0.5) is 0 Å². The fraction of sp³-hybridized carbons (Fsp3) is 0.700. The molecule has 0 saturated heterocycles. The molecule has 1 fully saturated rings. The van der Waals surface area contributed by atoms with E-state index < -0.39 is 6.10 Å². The molecule has 0 unspecified atom stereocenters. The number of aliphatic hydroxyl groups excluding tert-OH is 1. The Balaban J connectivity index is 2.78. The lowest BCUT2D eigenvalue weighted by molar-refractivity contribution is -0.135. The first-order chi connectivity index (χ1) is 5.46. The molecule has 0 aliphatic heterocycles. The molecule has 2 heteroatoms. The second kappa shape index (κ2) is 3.02. The Kier molecular flexibility index (Phi) is 2.38. The van der Waals surface area contributed by atoms with Gasteiger partial charge in [0.05, 0.1) is 0 Å². The van der Waals surface area contributed by atoms with Gasteiger partial charge >= 0.3 is 0 Å². The maximum Gasteiger partial charge on any atom is 0.162 e. The molecule has 0 aromatic rings. The summed E-state index contributed by atoms with van der Waals surface area (Å²) < 4.78 is 0. The van der Waals surface area contributed by atoms with Crippen molar-refractivity contribution >= 4 is 5.78 Å². The van der Waals surface area contributed by atoms with Gasteiger partial charge in [0, 0.05) is 12.3 Å². The monoisotopic (exact) mass is 168 g/mol. The Labute approximate surface area is 73.3 Å². The van der Waals surface area contributed by atoms with Crippen molar-refractivity contribution in [3.8, 4) is 0 Å². The van der Waals surface area contributed by atoms with Crippen molar-refractivity contribution in [1.82, 2.24) is 0 Å². The molecule has 12 heavy (non-hydrogen) atoms. The fourth-order valence-electron chi connectivity index (χ4n) is 1.85. The molecule has 0 heterocycles. The van der Waals surface area contributed by atoms with E-state index in [-0.39, 0.29) is 17.1 Å². The van der Waals surface area contributed by atoms with E-state index in [2.05, 4.69) is 6.58 Å².